The number of rotatable bonds is 2. The first-order chi connectivity index (χ1) is 12.8. The molecule has 2 N–H and O–H groups in total. The van der Waals surface area contributed by atoms with Crippen LogP contribution in [0.1, 0.15) is 0 Å². The van der Waals surface area contributed by atoms with E-state index in [1.54, 1.807) is 36.7 Å². The Balaban J connectivity index is 0.000000187. The molecule has 0 atom stereocenters. The number of phenols is 2. The fourth-order valence-corrected chi connectivity index (χ4v) is 2.42. The van der Waals surface area contributed by atoms with Crippen LogP contribution in [0.3, 0.4) is 0 Å². The van der Waals surface area contributed by atoms with E-state index >= 15 is 0 Å². The van der Waals surface area contributed by atoms with Crippen molar-refractivity contribution < 1.29 is 10.2 Å². The maximum atomic E-state index is 9.52. The normalized spacial score (nSPS) is 9.48. The Kier molecular flexibility index (Phi) is 7.24. The van der Waals surface area contributed by atoms with Crippen LogP contribution in [0.25, 0.3) is 22.5 Å². The molecule has 4 nitrogen and oxygen atoms in total. The van der Waals surface area contributed by atoms with Crippen molar-refractivity contribution in [2.24, 2.45) is 0 Å². The Hall–Kier alpha value is -3.49. The largest absolute Gasteiger partial charge is 0.507 e. The van der Waals surface area contributed by atoms with Gasteiger partial charge in [-0.05, 0) is 48.5 Å². The minimum Gasteiger partial charge on any atom is -0.507 e. The second-order valence-electron chi connectivity index (χ2n) is 5.46. The number of aromatic hydroxyl groups is 2. The number of nitrogens with zero attached hydrogens (tertiary/aromatic N) is 2. The first-order valence-corrected chi connectivity index (χ1v) is 8.14. The molecule has 2 radical (unpaired) electrons. The van der Waals surface area contributed by atoms with Gasteiger partial charge >= 0.3 is 0 Å². The molecule has 4 rings (SSSR count). The maximum absolute atomic E-state index is 9.52. The second kappa shape index (κ2) is 9.85. The van der Waals surface area contributed by atoms with Crippen LogP contribution in [-0.4, -0.2) is 30.3 Å². The Morgan fingerprint density at radius 3 is 1.19 bits per heavy atom. The number of aromatic nitrogens is 2. The molecular formula is C22H18BeN2O2. The van der Waals surface area contributed by atoms with Crippen molar-refractivity contribution in [1.82, 2.24) is 9.97 Å². The average molecular weight is 351 g/mol. The van der Waals surface area contributed by atoms with Gasteiger partial charge < -0.3 is 10.2 Å². The SMILES string of the molecule is Oc1ccccc1-c1ccccn1.Oc1ccccc1-c1ccccn1.[Be]. The number of phenolic OH excluding ortho intramolecular Hbond substituents is 2. The molecule has 0 amide bonds. The van der Waals surface area contributed by atoms with Crippen molar-refractivity contribution >= 4 is 10.1 Å². The molecule has 5 heteroatoms. The van der Waals surface area contributed by atoms with Gasteiger partial charge in [0.05, 0.1) is 11.4 Å². The smallest absolute Gasteiger partial charge is 0.124 e. The summed E-state index contributed by atoms with van der Waals surface area (Å²) in [5.41, 5.74) is 3.12. The van der Waals surface area contributed by atoms with E-state index in [1.807, 2.05) is 60.7 Å². The summed E-state index contributed by atoms with van der Waals surface area (Å²) in [4.78, 5) is 8.30. The first-order valence-electron chi connectivity index (χ1n) is 8.14. The standard InChI is InChI=1S/2C11H9NO.Be/c2*13-11-7-2-1-5-9(11)10-6-3-4-8-12-10;/h2*1-8,13H;. The van der Waals surface area contributed by atoms with Gasteiger partial charge in [-0.3, -0.25) is 9.97 Å². The van der Waals surface area contributed by atoms with E-state index in [1.165, 1.54) is 0 Å². The van der Waals surface area contributed by atoms with Gasteiger partial charge in [0, 0.05) is 33.6 Å². The van der Waals surface area contributed by atoms with Crippen LogP contribution in [0.15, 0.2) is 97.3 Å². The van der Waals surface area contributed by atoms with E-state index < -0.39 is 0 Å². The van der Waals surface area contributed by atoms with Gasteiger partial charge in [-0.1, -0.05) is 36.4 Å². The average Bonchev–Trinajstić information content (AvgIpc) is 2.71. The van der Waals surface area contributed by atoms with Crippen molar-refractivity contribution in [3.05, 3.63) is 97.3 Å². The zero-order valence-electron chi connectivity index (χ0n) is 14.7. The van der Waals surface area contributed by atoms with Crippen LogP contribution in [-0.2, 0) is 0 Å². The second-order valence-corrected chi connectivity index (χ2v) is 5.46. The van der Waals surface area contributed by atoms with Gasteiger partial charge in [-0.15, -0.1) is 0 Å². The molecule has 0 bridgehead atoms. The summed E-state index contributed by atoms with van der Waals surface area (Å²) >= 11 is 0. The predicted molar refractivity (Wildman–Crippen MR) is 108 cm³/mol. The van der Waals surface area contributed by atoms with Crippen LogP contribution in [0.2, 0.25) is 0 Å². The molecule has 2 heterocycles. The summed E-state index contributed by atoms with van der Waals surface area (Å²) in [5, 5.41) is 19.0. The fourth-order valence-electron chi connectivity index (χ4n) is 2.42. The summed E-state index contributed by atoms with van der Waals surface area (Å²) in [6.45, 7) is 0. The molecule has 0 fully saturated rings. The van der Waals surface area contributed by atoms with Crippen molar-refractivity contribution in [3.63, 3.8) is 0 Å². The number of benzene rings is 2. The van der Waals surface area contributed by atoms with Gasteiger partial charge in [0.15, 0.2) is 0 Å². The van der Waals surface area contributed by atoms with Crippen molar-refractivity contribution in [1.29, 1.82) is 0 Å². The first kappa shape index (κ1) is 19.8. The summed E-state index contributed by atoms with van der Waals surface area (Å²) in [5.74, 6) is 0.530. The van der Waals surface area contributed by atoms with Crippen molar-refractivity contribution in [3.8, 4) is 34.0 Å². The zero-order chi connectivity index (χ0) is 18.2. The quantitative estimate of drug-likeness (QED) is 0.521. The summed E-state index contributed by atoms with van der Waals surface area (Å²) < 4.78 is 0. The van der Waals surface area contributed by atoms with Crippen LogP contribution in [0, 0.1) is 0 Å². The Morgan fingerprint density at radius 1 is 0.481 bits per heavy atom. The van der Waals surface area contributed by atoms with Crippen LogP contribution < -0.4 is 0 Å². The number of para-hydroxylation sites is 2. The molecular weight excluding hydrogens is 333 g/mol. The minimum absolute atomic E-state index is 0. The predicted octanol–water partition coefficient (Wildman–Crippen LogP) is 4.53. The van der Waals surface area contributed by atoms with Crippen molar-refractivity contribution in [2.45, 2.75) is 0 Å². The molecule has 27 heavy (non-hydrogen) atoms. The van der Waals surface area contributed by atoms with Gasteiger partial charge in [0.25, 0.3) is 0 Å². The molecule has 2 aromatic carbocycles. The topological polar surface area (TPSA) is 66.2 Å². The van der Waals surface area contributed by atoms with E-state index in [0.717, 1.165) is 22.5 Å². The third kappa shape index (κ3) is 5.24. The molecule has 0 spiro atoms. The van der Waals surface area contributed by atoms with E-state index in [0.29, 0.717) is 0 Å². The van der Waals surface area contributed by atoms with Gasteiger partial charge in [-0.25, -0.2) is 0 Å². The molecule has 0 saturated carbocycles. The molecule has 130 valence electrons. The fraction of sp³-hybridized carbons (Fsp3) is 0. The molecule has 0 saturated heterocycles. The van der Waals surface area contributed by atoms with Gasteiger partial charge in [0.1, 0.15) is 11.5 Å². The maximum Gasteiger partial charge on any atom is 0.124 e. The van der Waals surface area contributed by atoms with Crippen LogP contribution in [0.5, 0.6) is 11.5 Å². The monoisotopic (exact) mass is 351 g/mol. The van der Waals surface area contributed by atoms with Gasteiger partial charge in [-0.2, -0.15) is 0 Å². The third-order valence-corrected chi connectivity index (χ3v) is 3.69. The zero-order valence-corrected chi connectivity index (χ0v) is 14.7. The Bertz CT molecular complexity index is 883. The van der Waals surface area contributed by atoms with Gasteiger partial charge in [0.2, 0.25) is 0 Å². The molecule has 4 aromatic rings. The van der Waals surface area contributed by atoms with E-state index in [-0.39, 0.29) is 21.6 Å². The number of hydrogen-bond donors (Lipinski definition) is 2. The summed E-state index contributed by atoms with van der Waals surface area (Å²) in [6.07, 6.45) is 3.42. The third-order valence-electron chi connectivity index (χ3n) is 3.69. The van der Waals surface area contributed by atoms with E-state index in [4.69, 9.17) is 0 Å². The summed E-state index contributed by atoms with van der Waals surface area (Å²) in [6, 6.07) is 25.6. The van der Waals surface area contributed by atoms with Crippen molar-refractivity contribution in [2.75, 3.05) is 0 Å². The van der Waals surface area contributed by atoms with Crippen LogP contribution >= 0.6 is 0 Å². The van der Waals surface area contributed by atoms with E-state index in [9.17, 15) is 10.2 Å². The molecule has 0 aliphatic rings. The Labute approximate surface area is 162 Å². The Morgan fingerprint density at radius 2 is 0.852 bits per heavy atom. The molecule has 0 unspecified atom stereocenters. The number of pyridine rings is 2. The molecule has 2 aromatic heterocycles. The summed E-state index contributed by atoms with van der Waals surface area (Å²) in [7, 11) is 0. The van der Waals surface area contributed by atoms with Crippen LogP contribution in [0.4, 0.5) is 0 Å². The number of hydrogen-bond acceptors (Lipinski definition) is 4. The minimum atomic E-state index is 0. The molecule has 0 aliphatic carbocycles. The molecule has 0 aliphatic heterocycles. The van der Waals surface area contributed by atoms with E-state index in [2.05, 4.69) is 9.97 Å².